The van der Waals surface area contributed by atoms with E-state index in [1.54, 1.807) is 0 Å². The van der Waals surface area contributed by atoms with Crippen LogP contribution in [0, 0.1) is 0 Å². The van der Waals surface area contributed by atoms with Gasteiger partial charge in [-0.25, -0.2) is 0 Å². The van der Waals surface area contributed by atoms with Gasteiger partial charge >= 0.3 is 0 Å². The molecule has 0 aromatic carbocycles. The molecule has 1 N–H and O–H groups in total. The van der Waals surface area contributed by atoms with Gasteiger partial charge in [0.15, 0.2) is 5.78 Å². The number of hydrogen-bond donors (Lipinski definition) is 1. The molecule has 0 aliphatic rings. The predicted molar refractivity (Wildman–Crippen MR) is 36.6 cm³/mol. The van der Waals surface area contributed by atoms with Gasteiger partial charge in [0.25, 0.3) is 0 Å². The van der Waals surface area contributed by atoms with Crippen molar-refractivity contribution >= 4 is 5.78 Å². The molecular formula is C7H6O4. The lowest BCUT2D eigenvalue weighted by Crippen LogP contribution is -2.03. The third kappa shape index (κ3) is 1.29. The first-order chi connectivity index (χ1) is 5.13. The second-order valence-corrected chi connectivity index (χ2v) is 2.02. The highest BCUT2D eigenvalue weighted by atomic mass is 16.4. The van der Waals surface area contributed by atoms with E-state index < -0.39 is 17.0 Å². The summed E-state index contributed by atoms with van der Waals surface area (Å²) in [5.41, 5.74) is -0.610. The Morgan fingerprint density at radius 3 is 2.73 bits per heavy atom. The second-order valence-electron chi connectivity index (χ2n) is 2.02. The van der Waals surface area contributed by atoms with Crippen LogP contribution in [0.4, 0.5) is 0 Å². The largest absolute Gasteiger partial charge is 0.501 e. The zero-order valence-corrected chi connectivity index (χ0v) is 5.83. The average molecular weight is 154 g/mol. The van der Waals surface area contributed by atoms with Crippen molar-refractivity contribution in [3.8, 4) is 5.75 Å². The van der Waals surface area contributed by atoms with Gasteiger partial charge in [-0.15, -0.1) is 0 Å². The van der Waals surface area contributed by atoms with Crippen molar-refractivity contribution in [1.82, 2.24) is 0 Å². The summed E-state index contributed by atoms with van der Waals surface area (Å²) in [5, 5.41) is 8.94. The van der Waals surface area contributed by atoms with E-state index in [2.05, 4.69) is 4.42 Å². The molecule has 0 fully saturated rings. The molecule has 0 unspecified atom stereocenters. The van der Waals surface area contributed by atoms with Gasteiger partial charge in [0, 0.05) is 13.0 Å². The molecule has 0 bridgehead atoms. The fourth-order valence-electron chi connectivity index (χ4n) is 0.660. The molecule has 4 heteroatoms. The van der Waals surface area contributed by atoms with Crippen molar-refractivity contribution in [1.29, 1.82) is 0 Å². The Morgan fingerprint density at radius 2 is 2.27 bits per heavy atom. The van der Waals surface area contributed by atoms with Gasteiger partial charge in [0.05, 0.1) is 6.26 Å². The molecule has 58 valence electrons. The highest BCUT2D eigenvalue weighted by Gasteiger charge is 2.10. The number of carbonyl (C=O) groups is 1. The van der Waals surface area contributed by atoms with Gasteiger partial charge in [-0.3, -0.25) is 9.59 Å². The maximum absolute atomic E-state index is 10.7. The van der Waals surface area contributed by atoms with Crippen LogP contribution in [0.1, 0.15) is 17.5 Å². The van der Waals surface area contributed by atoms with E-state index in [1.165, 1.54) is 6.92 Å². The lowest BCUT2D eigenvalue weighted by molar-refractivity contribution is 0.0980. The smallest absolute Gasteiger partial charge is 0.227 e. The van der Waals surface area contributed by atoms with Crippen molar-refractivity contribution in [3.63, 3.8) is 0 Å². The number of rotatable bonds is 1. The quantitative estimate of drug-likeness (QED) is 0.599. The van der Waals surface area contributed by atoms with Crippen molar-refractivity contribution in [2.24, 2.45) is 0 Å². The van der Waals surface area contributed by atoms with Crippen molar-refractivity contribution < 1.29 is 14.3 Å². The van der Waals surface area contributed by atoms with Crippen LogP contribution < -0.4 is 5.43 Å². The number of aromatic hydroxyl groups is 1. The highest BCUT2D eigenvalue weighted by Crippen LogP contribution is 2.09. The molecule has 1 heterocycles. The fraction of sp³-hybridized carbons (Fsp3) is 0.143. The normalized spacial score (nSPS) is 9.55. The van der Waals surface area contributed by atoms with Crippen molar-refractivity contribution in [2.75, 3.05) is 0 Å². The SMILES string of the molecule is CC(=O)c1occc(=O)c1O. The summed E-state index contributed by atoms with van der Waals surface area (Å²) in [6.07, 6.45) is 1.07. The van der Waals surface area contributed by atoms with E-state index in [4.69, 9.17) is 5.11 Å². The Bertz CT molecular complexity index is 337. The molecule has 1 aromatic rings. The van der Waals surface area contributed by atoms with Crippen LogP contribution in [0.3, 0.4) is 0 Å². The molecular weight excluding hydrogens is 148 g/mol. The molecule has 0 saturated carbocycles. The first-order valence-corrected chi connectivity index (χ1v) is 2.94. The van der Waals surface area contributed by atoms with E-state index in [-0.39, 0.29) is 5.76 Å². The fourth-order valence-corrected chi connectivity index (χ4v) is 0.660. The Hall–Kier alpha value is -1.58. The average Bonchev–Trinajstić information content (AvgIpc) is 1.94. The van der Waals surface area contributed by atoms with Crippen LogP contribution >= 0.6 is 0 Å². The molecule has 0 spiro atoms. The van der Waals surface area contributed by atoms with Gasteiger partial charge in [-0.1, -0.05) is 0 Å². The summed E-state index contributed by atoms with van der Waals surface area (Å²) in [6.45, 7) is 1.21. The Morgan fingerprint density at radius 1 is 1.64 bits per heavy atom. The monoisotopic (exact) mass is 154 g/mol. The third-order valence-corrected chi connectivity index (χ3v) is 1.17. The van der Waals surface area contributed by atoms with Crippen LogP contribution in [0.25, 0.3) is 0 Å². The molecule has 11 heavy (non-hydrogen) atoms. The Labute approximate surface area is 62.1 Å². The molecule has 0 radical (unpaired) electrons. The number of carbonyl (C=O) groups excluding carboxylic acids is 1. The number of Topliss-reactive ketones (excluding diaryl/α,β-unsaturated/α-hetero) is 1. The third-order valence-electron chi connectivity index (χ3n) is 1.17. The second kappa shape index (κ2) is 2.57. The van der Waals surface area contributed by atoms with Crippen LogP contribution in [-0.4, -0.2) is 10.9 Å². The molecule has 0 atom stereocenters. The highest BCUT2D eigenvalue weighted by molar-refractivity contribution is 5.93. The predicted octanol–water partition coefficient (Wildman–Crippen LogP) is 0.548. The number of ketones is 1. The lowest BCUT2D eigenvalue weighted by atomic mass is 10.3. The van der Waals surface area contributed by atoms with Crippen LogP contribution in [-0.2, 0) is 0 Å². The maximum atomic E-state index is 10.7. The topological polar surface area (TPSA) is 67.5 Å². The minimum absolute atomic E-state index is 0.294. The Balaban J connectivity index is 3.39. The molecule has 1 aromatic heterocycles. The summed E-state index contributed by atoms with van der Waals surface area (Å²) in [4.78, 5) is 21.3. The zero-order valence-electron chi connectivity index (χ0n) is 5.83. The first-order valence-electron chi connectivity index (χ1n) is 2.94. The summed E-state index contributed by atoms with van der Waals surface area (Å²) in [6, 6.07) is 1.04. The molecule has 0 saturated heterocycles. The maximum Gasteiger partial charge on any atom is 0.227 e. The Kier molecular flexibility index (Phi) is 1.76. The van der Waals surface area contributed by atoms with Gasteiger partial charge in [-0.05, 0) is 0 Å². The molecule has 0 amide bonds. The minimum atomic E-state index is -0.625. The lowest BCUT2D eigenvalue weighted by Gasteiger charge is -1.94. The number of hydrogen-bond acceptors (Lipinski definition) is 4. The summed E-state index contributed by atoms with van der Waals surface area (Å²) in [7, 11) is 0. The summed E-state index contributed by atoms with van der Waals surface area (Å²) >= 11 is 0. The molecule has 4 nitrogen and oxygen atoms in total. The molecule has 0 aliphatic heterocycles. The summed E-state index contributed by atoms with van der Waals surface area (Å²) < 4.78 is 4.60. The minimum Gasteiger partial charge on any atom is -0.501 e. The standard InChI is InChI=1S/C7H6O4/c1-4(8)7-6(10)5(9)2-3-11-7/h2-3,10H,1H3. The van der Waals surface area contributed by atoms with E-state index in [1.807, 2.05) is 0 Å². The van der Waals surface area contributed by atoms with E-state index >= 15 is 0 Å². The van der Waals surface area contributed by atoms with Crippen LogP contribution in [0.15, 0.2) is 21.5 Å². The van der Waals surface area contributed by atoms with E-state index in [9.17, 15) is 9.59 Å². The van der Waals surface area contributed by atoms with E-state index in [0.29, 0.717) is 0 Å². The van der Waals surface area contributed by atoms with Crippen LogP contribution in [0.2, 0.25) is 0 Å². The molecule has 0 aliphatic carbocycles. The zero-order chi connectivity index (χ0) is 8.43. The van der Waals surface area contributed by atoms with Gasteiger partial charge < -0.3 is 9.52 Å². The summed E-state index contributed by atoms with van der Waals surface area (Å²) in [5.74, 6) is -1.39. The molecule has 1 rings (SSSR count). The van der Waals surface area contributed by atoms with E-state index in [0.717, 1.165) is 12.3 Å². The van der Waals surface area contributed by atoms with Crippen LogP contribution in [0.5, 0.6) is 5.75 Å². The first kappa shape index (κ1) is 7.53. The van der Waals surface area contributed by atoms with Gasteiger partial charge in [0.1, 0.15) is 0 Å². The van der Waals surface area contributed by atoms with Crippen molar-refractivity contribution in [3.05, 3.63) is 28.3 Å². The van der Waals surface area contributed by atoms with Crippen molar-refractivity contribution in [2.45, 2.75) is 6.92 Å². The van der Waals surface area contributed by atoms with Gasteiger partial charge in [-0.2, -0.15) is 0 Å². The van der Waals surface area contributed by atoms with Gasteiger partial charge in [0.2, 0.25) is 16.9 Å².